The number of fused-ring (bicyclic) bond motifs is 2. The number of hydrogen-bond acceptors (Lipinski definition) is 15. The van der Waals surface area contributed by atoms with Crippen molar-refractivity contribution in [1.82, 2.24) is 45.2 Å². The van der Waals surface area contributed by atoms with Crippen molar-refractivity contribution in [3.8, 4) is 17.2 Å². The summed E-state index contributed by atoms with van der Waals surface area (Å²) in [7, 11) is 1.54. The molecular formula is C53H66FN11O12. The fourth-order valence-corrected chi connectivity index (χ4v) is 9.17. The van der Waals surface area contributed by atoms with Crippen LogP contribution in [0.4, 0.5) is 19.7 Å². The summed E-state index contributed by atoms with van der Waals surface area (Å²) >= 11 is 0. The third-order valence-electron chi connectivity index (χ3n) is 13.4. The van der Waals surface area contributed by atoms with Crippen LogP contribution < -0.4 is 46.8 Å². The predicted molar refractivity (Wildman–Crippen MR) is 278 cm³/mol. The molecule has 77 heavy (non-hydrogen) atoms. The summed E-state index contributed by atoms with van der Waals surface area (Å²) < 4.78 is 40.6. The van der Waals surface area contributed by atoms with E-state index in [0.717, 1.165) is 4.90 Å². The first-order valence-corrected chi connectivity index (χ1v) is 25.7. The van der Waals surface area contributed by atoms with E-state index >= 15 is 4.39 Å². The molecule has 0 spiro atoms. The number of nitrogens with one attached hydrogen (secondary N) is 4. The van der Waals surface area contributed by atoms with E-state index in [1.807, 2.05) is 4.90 Å². The quantitative estimate of drug-likeness (QED) is 0.0470. The van der Waals surface area contributed by atoms with Crippen molar-refractivity contribution in [2.24, 2.45) is 11.7 Å². The lowest BCUT2D eigenvalue weighted by molar-refractivity contribution is -0.137. The van der Waals surface area contributed by atoms with Crippen molar-refractivity contribution in [2.75, 3.05) is 58.4 Å². The molecule has 2 aromatic carbocycles. The number of pyridine rings is 1. The number of carbonyl (C=O) groups is 7. The van der Waals surface area contributed by atoms with Gasteiger partial charge in [0, 0.05) is 75.7 Å². The lowest BCUT2D eigenvalue weighted by atomic mass is 10.0. The lowest BCUT2D eigenvalue weighted by Gasteiger charge is -2.40. The number of primary amides is 1. The first-order valence-electron chi connectivity index (χ1n) is 25.7. The van der Waals surface area contributed by atoms with Gasteiger partial charge in [0.2, 0.25) is 17.7 Å². The lowest BCUT2D eigenvalue weighted by Crippen LogP contribution is -2.54. The van der Waals surface area contributed by atoms with Gasteiger partial charge in [-0.2, -0.15) is 0 Å². The second kappa shape index (κ2) is 27.1. The van der Waals surface area contributed by atoms with Gasteiger partial charge in [0.15, 0.2) is 11.5 Å². The van der Waals surface area contributed by atoms with Crippen LogP contribution in [0.2, 0.25) is 0 Å². The maximum atomic E-state index is 16.5. The topological polar surface area (TPSA) is 288 Å². The van der Waals surface area contributed by atoms with Crippen molar-refractivity contribution in [2.45, 2.75) is 103 Å². The van der Waals surface area contributed by atoms with E-state index in [0.29, 0.717) is 90.8 Å². The summed E-state index contributed by atoms with van der Waals surface area (Å²) in [5, 5.41) is 10.8. The Bertz CT molecular complexity index is 2850. The van der Waals surface area contributed by atoms with E-state index in [9.17, 15) is 38.4 Å². The van der Waals surface area contributed by atoms with Crippen LogP contribution in [-0.2, 0) is 48.4 Å². The van der Waals surface area contributed by atoms with Gasteiger partial charge >= 0.3 is 12.1 Å². The molecule has 23 nitrogen and oxygen atoms in total. The number of nitrogens with two attached hydrogens (primary N) is 1. The first kappa shape index (κ1) is 56.6. The van der Waals surface area contributed by atoms with E-state index in [2.05, 4.69) is 31.2 Å². The van der Waals surface area contributed by atoms with Crippen molar-refractivity contribution < 1.29 is 56.9 Å². The number of carbonyl (C=O) groups excluding carboxylic acids is 7. The molecule has 0 unspecified atom stereocenters. The van der Waals surface area contributed by atoms with Gasteiger partial charge < -0.3 is 50.5 Å². The molecule has 412 valence electrons. The Morgan fingerprint density at radius 1 is 0.870 bits per heavy atom. The molecule has 1 fully saturated rings. The summed E-state index contributed by atoms with van der Waals surface area (Å²) in [5.41, 5.74) is 7.46. The minimum atomic E-state index is -1.50. The number of imide groups is 1. The molecular weight excluding hydrogens is 1000 g/mol. The normalized spacial score (nSPS) is 16.9. The molecule has 8 amide bonds. The molecule has 1 saturated heterocycles. The minimum absolute atomic E-state index is 0.0168. The van der Waals surface area contributed by atoms with Crippen LogP contribution in [0.5, 0.6) is 17.2 Å². The highest BCUT2D eigenvalue weighted by molar-refractivity contribution is 6.12. The van der Waals surface area contributed by atoms with Gasteiger partial charge in [-0.3, -0.25) is 48.5 Å². The minimum Gasteiger partial charge on any atom is -0.497 e. The highest BCUT2D eigenvalue weighted by Gasteiger charge is 2.37. The number of anilines is 1. The number of methoxy groups -OCH3 is 1. The number of nitrogens with zero attached hydrogens (tertiary/aromatic N) is 6. The largest absolute Gasteiger partial charge is 0.497 e. The first-order chi connectivity index (χ1) is 37.1. The molecule has 2 aromatic heterocycles. The van der Waals surface area contributed by atoms with Gasteiger partial charge in [-0.15, -0.1) is 0 Å². The molecule has 6 N–H and O–H groups in total. The number of unbranched alkanes of at least 4 members (excludes halogenated alkanes) is 2. The zero-order valence-corrected chi connectivity index (χ0v) is 43.4. The number of benzene rings is 2. The number of ether oxygens (including phenoxy) is 4. The number of halogens is 1. The van der Waals surface area contributed by atoms with E-state index in [1.165, 1.54) is 36.6 Å². The number of alkyl halides is 1. The molecule has 3 aliphatic rings. The molecule has 4 atom stereocenters. The number of aromatic nitrogens is 3. The molecule has 3 aliphatic heterocycles. The summed E-state index contributed by atoms with van der Waals surface area (Å²) in [6.07, 6.45) is 5.15. The van der Waals surface area contributed by atoms with Gasteiger partial charge in [-0.1, -0.05) is 32.4 Å². The van der Waals surface area contributed by atoms with E-state index in [4.69, 9.17) is 24.7 Å². The highest BCUT2D eigenvalue weighted by atomic mass is 19.1. The van der Waals surface area contributed by atoms with Gasteiger partial charge in [-0.05, 0) is 67.9 Å². The maximum absolute atomic E-state index is 16.5. The Morgan fingerprint density at radius 2 is 1.62 bits per heavy atom. The zero-order chi connectivity index (χ0) is 55.0. The van der Waals surface area contributed by atoms with Crippen molar-refractivity contribution >= 4 is 58.4 Å². The standard InChI is InChI=1S/C53H66FN11O12/c1-33(2)49(61-45(66)9-5-4-6-20-64-46(67)16-17-47(64)68)51(71)60-40(8-7-19-56-52(55)72)50(70)59-35-12-10-34(11-13-35)32-77-53(73)65(30-36-26-43-44(28-57-36)76-25-24-75-43)41-18-21-62(31-38(41)54)22-23-63-42-27-37(74-3)14-15-39(42)58-29-48(63)69/h10-17,26-29,33,38,40-41,49H,4-9,18-25,30-32H2,1-3H3,(H,59,70)(H,60,71)(H,61,66)(H3,55,56,72)/t38-,40-,41-,49-/m0/s1. The average Bonchev–Trinajstić information content (AvgIpc) is 3.74. The van der Waals surface area contributed by atoms with Gasteiger partial charge in [-0.25, -0.2) is 19.0 Å². The third-order valence-corrected chi connectivity index (χ3v) is 13.4. The summed E-state index contributed by atoms with van der Waals surface area (Å²) in [4.78, 5) is 116. The second-order valence-corrected chi connectivity index (χ2v) is 19.2. The predicted octanol–water partition coefficient (Wildman–Crippen LogP) is 3.32. The second-order valence-electron chi connectivity index (χ2n) is 19.2. The molecule has 0 bridgehead atoms. The third kappa shape index (κ3) is 15.7. The van der Waals surface area contributed by atoms with Crippen molar-refractivity contribution in [3.05, 3.63) is 94.7 Å². The van der Waals surface area contributed by atoms with E-state index in [-0.39, 0.29) is 94.2 Å². The summed E-state index contributed by atoms with van der Waals surface area (Å²) in [6.45, 7) is 5.28. The van der Waals surface area contributed by atoms with Crippen LogP contribution in [0, 0.1) is 5.92 Å². The molecule has 5 heterocycles. The van der Waals surface area contributed by atoms with Gasteiger partial charge in [0.05, 0.1) is 48.8 Å². The van der Waals surface area contributed by atoms with Crippen LogP contribution in [0.1, 0.15) is 70.1 Å². The molecule has 7 rings (SSSR count). The van der Waals surface area contributed by atoms with Crippen molar-refractivity contribution in [3.63, 3.8) is 0 Å². The Morgan fingerprint density at radius 3 is 2.34 bits per heavy atom. The van der Waals surface area contributed by atoms with Crippen LogP contribution in [-0.4, -0.2) is 148 Å². The number of rotatable bonds is 25. The fourth-order valence-electron chi connectivity index (χ4n) is 9.17. The van der Waals surface area contributed by atoms with E-state index < -0.39 is 48.2 Å². The SMILES string of the molecule is COc1ccc2ncc(=O)n(CCN3CC[C@H](N(Cc4cc5c(cn4)OCCO5)C(=O)OCc4ccc(NC(=O)[C@H](CCCNC(N)=O)NC(=O)[C@@H](NC(=O)CCCCCN5C(=O)C=CC5=O)C(C)C)cc4)[C@@H](F)C3)c2c1. The Balaban J connectivity index is 0.951. The molecule has 0 radical (unpaired) electrons. The fraction of sp³-hybridized carbons (Fsp3) is 0.472. The zero-order valence-electron chi connectivity index (χ0n) is 43.4. The number of likely N-dealkylation sites (tertiary alicyclic amines) is 1. The monoisotopic (exact) mass is 1070 g/mol. The molecule has 24 heteroatoms. The number of piperidine rings is 1. The summed E-state index contributed by atoms with van der Waals surface area (Å²) in [6, 6.07) is 9.64. The maximum Gasteiger partial charge on any atom is 0.410 e. The molecule has 0 aliphatic carbocycles. The Hall–Kier alpha value is -8.15. The smallest absolute Gasteiger partial charge is 0.410 e. The highest BCUT2D eigenvalue weighted by Crippen LogP contribution is 2.31. The van der Waals surface area contributed by atoms with Crippen LogP contribution in [0.3, 0.4) is 0 Å². The number of urea groups is 1. The summed E-state index contributed by atoms with van der Waals surface area (Å²) in [5.74, 6) is -1.17. The Labute approximate surface area is 444 Å². The van der Waals surface area contributed by atoms with Crippen molar-refractivity contribution in [1.29, 1.82) is 0 Å². The van der Waals surface area contributed by atoms with Crippen LogP contribution in [0.15, 0.2) is 77.9 Å². The molecule has 0 saturated carbocycles. The van der Waals surface area contributed by atoms with Crippen LogP contribution in [0.25, 0.3) is 11.0 Å². The Kier molecular flexibility index (Phi) is 19.9. The van der Waals surface area contributed by atoms with E-state index in [1.54, 1.807) is 66.9 Å². The molecule has 4 aromatic rings. The van der Waals surface area contributed by atoms with Gasteiger partial charge in [0.1, 0.15) is 43.8 Å². The average molecular weight is 1070 g/mol. The van der Waals surface area contributed by atoms with Gasteiger partial charge in [0.25, 0.3) is 17.4 Å². The number of amides is 8. The number of hydrogen-bond donors (Lipinski definition) is 5. The van der Waals surface area contributed by atoms with Crippen LogP contribution >= 0.6 is 0 Å².